The molecule has 0 amide bonds. The molecule has 0 bridgehead atoms. The van der Waals surface area contributed by atoms with Crippen LogP contribution in [-0.4, -0.2) is 39.8 Å². The van der Waals surface area contributed by atoms with Crippen molar-refractivity contribution in [2.45, 2.75) is 101 Å². The zero-order valence-electron chi connectivity index (χ0n) is 20.1. The van der Waals surface area contributed by atoms with Gasteiger partial charge >= 0.3 is 11.6 Å². The molecule has 186 valence electrons. The Morgan fingerprint density at radius 3 is 2.56 bits per heavy atom. The normalized spacial score (nSPS) is 45.5. The molecule has 0 radical (unpaired) electrons. The molecular formula is C27H36O7. The molecule has 7 heteroatoms. The van der Waals surface area contributed by atoms with Crippen molar-refractivity contribution < 1.29 is 29.0 Å². The van der Waals surface area contributed by atoms with Gasteiger partial charge in [-0.3, -0.25) is 4.79 Å². The molecule has 34 heavy (non-hydrogen) atoms. The lowest BCUT2D eigenvalue weighted by Crippen LogP contribution is -2.68. The van der Waals surface area contributed by atoms with Crippen molar-refractivity contribution in [3.8, 4) is 0 Å². The molecule has 1 aromatic heterocycles. The summed E-state index contributed by atoms with van der Waals surface area (Å²) in [5, 5.41) is 24.1. The zero-order chi connectivity index (χ0) is 24.4. The molecule has 4 aliphatic carbocycles. The van der Waals surface area contributed by atoms with Gasteiger partial charge < -0.3 is 24.2 Å². The van der Waals surface area contributed by atoms with E-state index in [-0.39, 0.29) is 48.3 Å². The fourth-order valence-corrected chi connectivity index (χ4v) is 8.60. The van der Waals surface area contributed by atoms with E-state index < -0.39 is 22.0 Å². The Bertz CT molecular complexity index is 1010. The predicted molar refractivity (Wildman–Crippen MR) is 123 cm³/mol. The number of carbonyl (C=O) groups is 2. The van der Waals surface area contributed by atoms with Gasteiger partial charge in [-0.05, 0) is 80.8 Å². The van der Waals surface area contributed by atoms with Gasteiger partial charge in [0, 0.05) is 24.3 Å². The Labute approximate surface area is 199 Å². The SMILES string of the molecule is CCC(=O)OC1CCC2(C=O)C3CCC4(C)C(c5ccc(=O)oc5)CCC4(O)C3CCC2(O)C1. The summed E-state index contributed by atoms with van der Waals surface area (Å²) in [6.45, 7) is 3.89. The van der Waals surface area contributed by atoms with Crippen LogP contribution < -0.4 is 5.63 Å². The topological polar surface area (TPSA) is 114 Å². The summed E-state index contributed by atoms with van der Waals surface area (Å²) in [4.78, 5) is 36.1. The first-order chi connectivity index (χ1) is 16.1. The molecule has 7 nitrogen and oxygen atoms in total. The lowest BCUT2D eigenvalue weighted by Gasteiger charge is -2.65. The highest BCUT2D eigenvalue weighted by Crippen LogP contribution is 2.71. The van der Waals surface area contributed by atoms with Gasteiger partial charge in [0.15, 0.2) is 0 Å². The molecule has 2 N–H and O–H groups in total. The number of hydrogen-bond donors (Lipinski definition) is 2. The Hall–Kier alpha value is -1.99. The van der Waals surface area contributed by atoms with Gasteiger partial charge in [0.1, 0.15) is 12.4 Å². The predicted octanol–water partition coefficient (Wildman–Crippen LogP) is 3.50. The lowest BCUT2D eigenvalue weighted by molar-refractivity contribution is -0.248. The maximum Gasteiger partial charge on any atom is 0.335 e. The van der Waals surface area contributed by atoms with Crippen molar-refractivity contribution in [3.63, 3.8) is 0 Å². The minimum atomic E-state index is -1.22. The fraction of sp³-hybridized carbons (Fsp3) is 0.741. The van der Waals surface area contributed by atoms with Crippen LogP contribution in [0.5, 0.6) is 0 Å². The van der Waals surface area contributed by atoms with Crippen LogP contribution in [0.25, 0.3) is 0 Å². The third-order valence-corrected chi connectivity index (χ3v) is 10.4. The van der Waals surface area contributed by atoms with E-state index in [4.69, 9.17) is 9.15 Å². The van der Waals surface area contributed by atoms with E-state index in [1.807, 2.05) is 6.07 Å². The zero-order valence-corrected chi connectivity index (χ0v) is 20.1. The van der Waals surface area contributed by atoms with Crippen molar-refractivity contribution in [2.75, 3.05) is 0 Å². The van der Waals surface area contributed by atoms with Crippen LogP contribution >= 0.6 is 0 Å². The average Bonchev–Trinajstić information content (AvgIpc) is 3.10. The molecule has 4 fully saturated rings. The molecule has 0 aliphatic heterocycles. The molecule has 1 heterocycles. The number of carbonyl (C=O) groups excluding carboxylic acids is 2. The molecule has 4 aliphatic rings. The summed E-state index contributed by atoms with van der Waals surface area (Å²) in [6.07, 6.45) is 7.65. The van der Waals surface area contributed by atoms with Gasteiger partial charge in [-0.25, -0.2) is 4.79 Å². The van der Waals surface area contributed by atoms with E-state index in [1.54, 1.807) is 6.92 Å². The number of aliphatic hydroxyl groups is 2. The van der Waals surface area contributed by atoms with Crippen molar-refractivity contribution in [1.82, 2.24) is 0 Å². The number of ether oxygens (including phenoxy) is 1. The first-order valence-corrected chi connectivity index (χ1v) is 12.8. The second-order valence-corrected chi connectivity index (χ2v) is 11.5. The highest BCUT2D eigenvalue weighted by atomic mass is 16.5. The molecule has 0 spiro atoms. The Kier molecular flexibility index (Phi) is 5.60. The van der Waals surface area contributed by atoms with Crippen molar-refractivity contribution in [2.24, 2.45) is 22.7 Å². The highest BCUT2D eigenvalue weighted by Gasteiger charge is 2.71. The van der Waals surface area contributed by atoms with Crippen molar-refractivity contribution >= 4 is 12.3 Å². The second kappa shape index (κ2) is 8.02. The molecule has 0 saturated heterocycles. The van der Waals surface area contributed by atoms with E-state index in [1.165, 1.54) is 12.3 Å². The van der Waals surface area contributed by atoms with E-state index >= 15 is 0 Å². The molecule has 1 aromatic rings. The smallest absolute Gasteiger partial charge is 0.335 e. The first-order valence-electron chi connectivity index (χ1n) is 12.8. The van der Waals surface area contributed by atoms with Crippen molar-refractivity contribution in [3.05, 3.63) is 34.4 Å². The first kappa shape index (κ1) is 23.7. The molecule has 8 unspecified atom stereocenters. The highest BCUT2D eigenvalue weighted by molar-refractivity contribution is 5.69. The van der Waals surface area contributed by atoms with Gasteiger partial charge in [-0.2, -0.15) is 0 Å². The molecule has 0 aromatic carbocycles. The van der Waals surface area contributed by atoms with Crippen LogP contribution in [0.15, 0.2) is 27.6 Å². The monoisotopic (exact) mass is 472 g/mol. The average molecular weight is 473 g/mol. The van der Waals surface area contributed by atoms with E-state index in [9.17, 15) is 24.6 Å². The number of hydrogen-bond acceptors (Lipinski definition) is 7. The Morgan fingerprint density at radius 1 is 1.12 bits per heavy atom. The minimum absolute atomic E-state index is 0.0694. The number of rotatable bonds is 4. The summed E-state index contributed by atoms with van der Waals surface area (Å²) in [5.41, 5.74) is -2.96. The maximum atomic E-state index is 12.8. The van der Waals surface area contributed by atoms with E-state index in [0.717, 1.165) is 31.1 Å². The van der Waals surface area contributed by atoms with Crippen LogP contribution in [0, 0.1) is 22.7 Å². The summed E-state index contributed by atoms with van der Waals surface area (Å²) in [5.74, 6) is -0.415. The Balaban J connectivity index is 1.45. The number of esters is 1. The summed E-state index contributed by atoms with van der Waals surface area (Å²) in [6, 6.07) is 3.25. The van der Waals surface area contributed by atoms with Gasteiger partial charge in [-0.15, -0.1) is 0 Å². The van der Waals surface area contributed by atoms with E-state index in [2.05, 4.69) is 6.92 Å². The second-order valence-electron chi connectivity index (χ2n) is 11.5. The lowest BCUT2D eigenvalue weighted by atomic mass is 9.41. The van der Waals surface area contributed by atoms with Crippen LogP contribution in [-0.2, 0) is 14.3 Å². The minimum Gasteiger partial charge on any atom is -0.462 e. The maximum absolute atomic E-state index is 12.8. The summed E-state index contributed by atoms with van der Waals surface area (Å²) >= 11 is 0. The molecule has 8 atom stereocenters. The third-order valence-electron chi connectivity index (χ3n) is 10.4. The van der Waals surface area contributed by atoms with Crippen molar-refractivity contribution in [1.29, 1.82) is 0 Å². The van der Waals surface area contributed by atoms with Gasteiger partial charge in [0.2, 0.25) is 0 Å². The third kappa shape index (κ3) is 3.12. The van der Waals surface area contributed by atoms with Gasteiger partial charge in [0.05, 0.1) is 22.9 Å². The number of aldehydes is 1. The number of fused-ring (bicyclic) bond motifs is 5. The fourth-order valence-electron chi connectivity index (χ4n) is 8.60. The van der Waals surface area contributed by atoms with Crippen LogP contribution in [0.4, 0.5) is 0 Å². The van der Waals surface area contributed by atoms with Gasteiger partial charge in [-0.1, -0.05) is 13.8 Å². The standard InChI is InChI=1S/C27H36O7/c1-3-22(29)34-18-6-11-25(16-28)20-7-10-24(2)19(17-4-5-23(30)33-15-17)9-13-27(24,32)21(20)8-12-26(25,31)14-18/h4-5,15-16,18-21,31-32H,3,6-14H2,1-2H3. The quantitative estimate of drug-likeness (QED) is 0.509. The van der Waals surface area contributed by atoms with E-state index in [0.29, 0.717) is 32.1 Å². The van der Waals surface area contributed by atoms with Crippen LogP contribution in [0.1, 0.15) is 89.5 Å². The van der Waals surface area contributed by atoms with Crippen LogP contribution in [0.3, 0.4) is 0 Å². The molecule has 5 rings (SSSR count). The largest absolute Gasteiger partial charge is 0.462 e. The summed E-state index contributed by atoms with van der Waals surface area (Å²) < 4.78 is 10.7. The van der Waals surface area contributed by atoms with Gasteiger partial charge in [0.25, 0.3) is 0 Å². The Morgan fingerprint density at radius 2 is 1.88 bits per heavy atom. The summed E-state index contributed by atoms with van der Waals surface area (Å²) in [7, 11) is 0. The van der Waals surface area contributed by atoms with Crippen LogP contribution in [0.2, 0.25) is 0 Å². The molecular weight excluding hydrogens is 436 g/mol. The molecule has 4 saturated carbocycles.